The van der Waals surface area contributed by atoms with E-state index in [1.54, 1.807) is 18.2 Å². The highest BCUT2D eigenvalue weighted by atomic mass is 16.2. The topological polar surface area (TPSA) is 95.5 Å². The molecule has 0 fully saturated rings. The number of aromatic nitrogens is 2. The molecule has 0 radical (unpaired) electrons. The van der Waals surface area contributed by atoms with Crippen LogP contribution >= 0.6 is 0 Å². The molecule has 0 saturated carbocycles. The summed E-state index contributed by atoms with van der Waals surface area (Å²) in [5, 5.41) is 3.33. The second-order valence-corrected chi connectivity index (χ2v) is 4.94. The van der Waals surface area contributed by atoms with E-state index < -0.39 is 0 Å². The predicted octanol–water partition coefficient (Wildman–Crippen LogP) is 1.19. The minimum Gasteiger partial charge on any atom is -0.412 e. The lowest BCUT2D eigenvalue weighted by Crippen LogP contribution is -2.27. The third kappa shape index (κ3) is 1.97. The molecule has 2 aromatic carbocycles. The first-order chi connectivity index (χ1) is 10.2. The van der Waals surface area contributed by atoms with Gasteiger partial charge in [-0.25, -0.2) is 4.98 Å². The van der Waals surface area contributed by atoms with Crippen LogP contribution in [0, 0.1) is 0 Å². The molecule has 22 heavy (non-hydrogen) atoms. The van der Waals surface area contributed by atoms with E-state index in [1.807, 2.05) is 30.3 Å². The molecule has 0 saturated heterocycles. The van der Waals surface area contributed by atoms with E-state index in [0.717, 1.165) is 5.56 Å². The molecule has 1 aliphatic heterocycles. The quantitative estimate of drug-likeness (QED) is 0.674. The number of anilines is 1. The number of benzene rings is 2. The summed E-state index contributed by atoms with van der Waals surface area (Å²) >= 11 is 0. The highest BCUT2D eigenvalue weighted by Gasteiger charge is 2.21. The molecule has 110 valence electrons. The summed E-state index contributed by atoms with van der Waals surface area (Å²) < 4.78 is 1.43. The molecular weight excluding hydrogens is 282 g/mol. The molecule has 6 nitrogen and oxygen atoms in total. The number of nitrogens with one attached hydrogen (secondary N) is 1. The van der Waals surface area contributed by atoms with E-state index in [-0.39, 0.29) is 23.5 Å². The van der Waals surface area contributed by atoms with E-state index in [4.69, 9.17) is 0 Å². The van der Waals surface area contributed by atoms with Crippen molar-refractivity contribution in [3.8, 4) is 11.4 Å². The largest absolute Gasteiger partial charge is 0.412 e. The molecule has 6 heteroatoms. The number of fused-ring (bicyclic) bond motifs is 4. The molecule has 1 aliphatic rings. The Labute approximate surface area is 125 Å². The fourth-order valence-electron chi connectivity index (χ4n) is 2.64. The summed E-state index contributed by atoms with van der Waals surface area (Å²) in [7, 11) is 0. The Bertz CT molecular complexity index is 947. The van der Waals surface area contributed by atoms with Crippen LogP contribution in [0.2, 0.25) is 0 Å². The Balaban J connectivity index is 0.00000144. The van der Waals surface area contributed by atoms with Crippen LogP contribution in [0.1, 0.15) is 0 Å². The number of carbonyl (C=O) groups excluding carboxylic acids is 1. The van der Waals surface area contributed by atoms with Crippen molar-refractivity contribution in [2.45, 2.75) is 6.54 Å². The van der Waals surface area contributed by atoms with Crippen molar-refractivity contribution in [1.29, 1.82) is 0 Å². The molecule has 0 spiro atoms. The number of nitrogens with zero attached hydrogens (tertiary/aromatic N) is 2. The van der Waals surface area contributed by atoms with Crippen LogP contribution in [-0.4, -0.2) is 20.9 Å². The lowest BCUT2D eigenvalue weighted by atomic mass is 10.1. The average Bonchev–Trinajstić information content (AvgIpc) is 2.64. The summed E-state index contributed by atoms with van der Waals surface area (Å²) in [4.78, 5) is 29.2. The van der Waals surface area contributed by atoms with Gasteiger partial charge >= 0.3 is 0 Å². The van der Waals surface area contributed by atoms with Crippen LogP contribution in [0.25, 0.3) is 22.3 Å². The zero-order chi connectivity index (χ0) is 14.4. The van der Waals surface area contributed by atoms with E-state index in [1.165, 1.54) is 4.57 Å². The molecule has 0 unspecified atom stereocenters. The standard InChI is InChI=1S/C16H11N3O2.H2O/c20-14-9-19-15(10-5-1-3-7-12(10)17-14)18-13-8-4-2-6-11(13)16(19)21;/h1-8H,9H2,(H,17,20);1H2. The zero-order valence-electron chi connectivity index (χ0n) is 11.5. The van der Waals surface area contributed by atoms with Crippen molar-refractivity contribution in [1.82, 2.24) is 9.55 Å². The average molecular weight is 295 g/mol. The Hall–Kier alpha value is -2.99. The van der Waals surface area contributed by atoms with Crippen LogP contribution in [0.4, 0.5) is 5.69 Å². The van der Waals surface area contributed by atoms with Crippen LogP contribution < -0.4 is 10.9 Å². The number of carbonyl (C=O) groups is 1. The highest BCUT2D eigenvalue weighted by Crippen LogP contribution is 2.28. The van der Waals surface area contributed by atoms with Gasteiger partial charge in [0.05, 0.1) is 16.6 Å². The number of hydrogen-bond donors (Lipinski definition) is 1. The van der Waals surface area contributed by atoms with Gasteiger partial charge in [0.1, 0.15) is 12.4 Å². The van der Waals surface area contributed by atoms with Crippen LogP contribution in [0.5, 0.6) is 0 Å². The molecule has 1 aromatic heterocycles. The van der Waals surface area contributed by atoms with Crippen LogP contribution in [0.3, 0.4) is 0 Å². The molecule has 0 atom stereocenters. The molecule has 3 aromatic rings. The number of amides is 1. The molecule has 4 rings (SSSR count). The maximum absolute atomic E-state index is 12.6. The van der Waals surface area contributed by atoms with Crippen molar-refractivity contribution in [2.24, 2.45) is 0 Å². The monoisotopic (exact) mass is 295 g/mol. The van der Waals surface area contributed by atoms with Crippen molar-refractivity contribution in [3.05, 3.63) is 58.9 Å². The van der Waals surface area contributed by atoms with E-state index in [9.17, 15) is 9.59 Å². The van der Waals surface area contributed by atoms with Gasteiger partial charge in [-0.15, -0.1) is 0 Å². The molecule has 3 N–H and O–H groups in total. The molecule has 0 aliphatic carbocycles. The van der Waals surface area contributed by atoms with E-state index in [0.29, 0.717) is 22.4 Å². The first-order valence-electron chi connectivity index (χ1n) is 6.63. The minimum atomic E-state index is -0.222. The molecule has 2 heterocycles. The van der Waals surface area contributed by atoms with Crippen LogP contribution in [0.15, 0.2) is 53.3 Å². The molecule has 0 bridgehead atoms. The number of para-hydroxylation sites is 2. The van der Waals surface area contributed by atoms with Gasteiger partial charge in [0.15, 0.2) is 0 Å². The van der Waals surface area contributed by atoms with Crippen molar-refractivity contribution in [3.63, 3.8) is 0 Å². The minimum absolute atomic E-state index is 0. The highest BCUT2D eigenvalue weighted by molar-refractivity contribution is 5.97. The number of rotatable bonds is 0. The number of hydrogen-bond acceptors (Lipinski definition) is 3. The van der Waals surface area contributed by atoms with Gasteiger partial charge in [0.2, 0.25) is 5.91 Å². The predicted molar refractivity (Wildman–Crippen MR) is 83.7 cm³/mol. The van der Waals surface area contributed by atoms with Gasteiger partial charge in [-0.3, -0.25) is 14.2 Å². The van der Waals surface area contributed by atoms with Gasteiger partial charge in [-0.2, -0.15) is 0 Å². The summed E-state index contributed by atoms with van der Waals surface area (Å²) in [6, 6.07) is 14.5. The Kier molecular flexibility index (Phi) is 3.23. The van der Waals surface area contributed by atoms with Crippen molar-refractivity contribution >= 4 is 22.5 Å². The summed E-state index contributed by atoms with van der Waals surface area (Å²) in [6.45, 7) is -0.0271. The molecule has 1 amide bonds. The Morgan fingerprint density at radius 3 is 2.59 bits per heavy atom. The first-order valence-corrected chi connectivity index (χ1v) is 6.63. The Morgan fingerprint density at radius 2 is 1.73 bits per heavy atom. The summed E-state index contributed by atoms with van der Waals surface area (Å²) in [5.41, 5.74) is 1.88. The zero-order valence-corrected chi connectivity index (χ0v) is 11.5. The second kappa shape index (κ2) is 5.09. The summed E-state index contributed by atoms with van der Waals surface area (Å²) in [6.07, 6.45) is 0. The normalized spacial score (nSPS) is 12.6. The third-order valence-electron chi connectivity index (χ3n) is 3.61. The van der Waals surface area contributed by atoms with Crippen LogP contribution in [-0.2, 0) is 11.3 Å². The maximum atomic E-state index is 12.6. The van der Waals surface area contributed by atoms with E-state index in [2.05, 4.69) is 10.3 Å². The second-order valence-electron chi connectivity index (χ2n) is 4.94. The smallest absolute Gasteiger partial charge is 0.262 e. The fourth-order valence-corrected chi connectivity index (χ4v) is 2.64. The van der Waals surface area contributed by atoms with E-state index >= 15 is 0 Å². The van der Waals surface area contributed by atoms with Crippen molar-refractivity contribution in [2.75, 3.05) is 5.32 Å². The lowest BCUT2D eigenvalue weighted by molar-refractivity contribution is -0.116. The SMILES string of the molecule is O.O=C1Cn2c(nc3ccccc3c2=O)-c2ccccc2N1. The fraction of sp³-hybridized carbons (Fsp3) is 0.0625. The van der Waals surface area contributed by atoms with Gasteiger partial charge in [-0.05, 0) is 24.3 Å². The Morgan fingerprint density at radius 1 is 1.00 bits per heavy atom. The lowest BCUT2D eigenvalue weighted by Gasteiger charge is -2.10. The van der Waals surface area contributed by atoms with Gasteiger partial charge in [-0.1, -0.05) is 24.3 Å². The molecular formula is C16H13N3O3. The first kappa shape index (κ1) is 14.0. The van der Waals surface area contributed by atoms with Gasteiger partial charge in [0.25, 0.3) is 5.56 Å². The van der Waals surface area contributed by atoms with Gasteiger partial charge < -0.3 is 10.8 Å². The van der Waals surface area contributed by atoms with Crippen molar-refractivity contribution < 1.29 is 10.3 Å². The third-order valence-corrected chi connectivity index (χ3v) is 3.61. The summed E-state index contributed by atoms with van der Waals surface area (Å²) in [5.74, 6) is 0.299. The maximum Gasteiger partial charge on any atom is 0.262 e. The van der Waals surface area contributed by atoms with Gasteiger partial charge in [0, 0.05) is 5.56 Å².